The number of aliphatic hydroxyl groups is 1. The van der Waals surface area contributed by atoms with Crippen LogP contribution in [0.15, 0.2) is 15.9 Å². The molecule has 2 rings (SSSR count). The van der Waals surface area contributed by atoms with Gasteiger partial charge in [-0.25, -0.2) is 0 Å². The van der Waals surface area contributed by atoms with Crippen molar-refractivity contribution in [3.05, 3.63) is 20.8 Å². The van der Waals surface area contributed by atoms with Crippen LogP contribution in [0.25, 0.3) is 0 Å². The standard InChI is InChI=1S/C10H13BrOS/c1-9(2)5-10(9,6-12)7-3-4-8(11)13-7/h3-4,12H,5-6H2,1-2H3. The second-order valence-corrected chi connectivity index (χ2v) is 6.87. The second kappa shape index (κ2) is 2.81. The van der Waals surface area contributed by atoms with E-state index < -0.39 is 0 Å². The highest BCUT2D eigenvalue weighted by Crippen LogP contribution is 2.65. The summed E-state index contributed by atoms with van der Waals surface area (Å²) in [7, 11) is 0. The zero-order valence-electron chi connectivity index (χ0n) is 7.80. The maximum Gasteiger partial charge on any atom is 0.0701 e. The van der Waals surface area contributed by atoms with Gasteiger partial charge < -0.3 is 5.11 Å². The Morgan fingerprint density at radius 2 is 2.15 bits per heavy atom. The minimum absolute atomic E-state index is 0.0453. The van der Waals surface area contributed by atoms with E-state index in [1.54, 1.807) is 11.3 Å². The van der Waals surface area contributed by atoms with Crippen LogP contribution in [-0.2, 0) is 5.41 Å². The number of aliphatic hydroxyl groups excluding tert-OH is 1. The SMILES string of the molecule is CC1(C)CC1(CO)c1ccc(Br)s1. The predicted octanol–water partition coefficient (Wildman–Crippen LogP) is 3.17. The Bertz CT molecular complexity index is 331. The van der Waals surface area contributed by atoms with Crippen molar-refractivity contribution < 1.29 is 5.11 Å². The molecule has 1 fully saturated rings. The highest BCUT2D eigenvalue weighted by molar-refractivity contribution is 9.11. The zero-order valence-corrected chi connectivity index (χ0v) is 10.2. The fraction of sp³-hybridized carbons (Fsp3) is 0.600. The first-order valence-electron chi connectivity index (χ1n) is 4.38. The lowest BCUT2D eigenvalue weighted by Gasteiger charge is -2.15. The van der Waals surface area contributed by atoms with Gasteiger partial charge in [-0.3, -0.25) is 0 Å². The Morgan fingerprint density at radius 3 is 2.46 bits per heavy atom. The lowest BCUT2D eigenvalue weighted by atomic mass is 9.95. The van der Waals surface area contributed by atoms with Crippen LogP contribution in [0, 0.1) is 5.41 Å². The molecule has 13 heavy (non-hydrogen) atoms. The van der Waals surface area contributed by atoms with Crippen LogP contribution in [0.2, 0.25) is 0 Å². The second-order valence-electron chi connectivity index (χ2n) is 4.40. The average Bonchev–Trinajstić information content (AvgIpc) is 2.43. The van der Waals surface area contributed by atoms with Crippen molar-refractivity contribution in [2.24, 2.45) is 5.41 Å². The van der Waals surface area contributed by atoms with Gasteiger partial charge in [-0.15, -0.1) is 11.3 Å². The van der Waals surface area contributed by atoms with Crippen molar-refractivity contribution in [1.29, 1.82) is 0 Å². The normalized spacial score (nSPS) is 30.5. The molecule has 1 aliphatic carbocycles. The molecule has 1 aromatic heterocycles. The molecular weight excluding hydrogens is 248 g/mol. The van der Waals surface area contributed by atoms with Crippen molar-refractivity contribution in [1.82, 2.24) is 0 Å². The molecule has 1 aromatic rings. The molecule has 1 aliphatic rings. The van der Waals surface area contributed by atoms with E-state index in [2.05, 4.69) is 41.9 Å². The van der Waals surface area contributed by atoms with Gasteiger partial charge in [-0.1, -0.05) is 13.8 Å². The fourth-order valence-corrected chi connectivity index (χ4v) is 3.80. The first-order chi connectivity index (χ1) is 6.02. The highest BCUT2D eigenvalue weighted by atomic mass is 79.9. The first kappa shape index (κ1) is 9.69. The molecular formula is C10H13BrOS. The van der Waals surface area contributed by atoms with Gasteiger partial charge in [0.1, 0.15) is 0 Å². The molecule has 3 heteroatoms. The van der Waals surface area contributed by atoms with Gasteiger partial charge in [0.25, 0.3) is 0 Å². The molecule has 0 radical (unpaired) electrons. The summed E-state index contributed by atoms with van der Waals surface area (Å²) in [6.07, 6.45) is 1.10. The molecule has 1 saturated carbocycles. The molecule has 0 bridgehead atoms. The third kappa shape index (κ3) is 1.29. The van der Waals surface area contributed by atoms with E-state index in [1.165, 1.54) is 4.88 Å². The zero-order chi connectivity index (χ0) is 9.69. The van der Waals surface area contributed by atoms with Crippen LogP contribution in [0.3, 0.4) is 0 Å². The summed E-state index contributed by atoms with van der Waals surface area (Å²) in [6, 6.07) is 4.19. The van der Waals surface area contributed by atoms with E-state index >= 15 is 0 Å². The van der Waals surface area contributed by atoms with E-state index in [4.69, 9.17) is 0 Å². The molecule has 0 aromatic carbocycles. The Morgan fingerprint density at radius 1 is 1.54 bits per heavy atom. The van der Waals surface area contributed by atoms with Gasteiger partial charge in [0.05, 0.1) is 10.4 Å². The molecule has 0 saturated heterocycles. The van der Waals surface area contributed by atoms with Gasteiger partial charge in [-0.2, -0.15) is 0 Å². The van der Waals surface area contributed by atoms with Gasteiger partial charge in [0.2, 0.25) is 0 Å². The van der Waals surface area contributed by atoms with E-state index in [0.717, 1.165) is 10.2 Å². The van der Waals surface area contributed by atoms with E-state index in [0.29, 0.717) is 0 Å². The van der Waals surface area contributed by atoms with Crippen molar-refractivity contribution >= 4 is 27.3 Å². The number of thiophene rings is 1. The molecule has 0 spiro atoms. The number of hydrogen-bond acceptors (Lipinski definition) is 2. The Kier molecular flexibility index (Phi) is 2.10. The third-order valence-corrected chi connectivity index (χ3v) is 5.06. The summed E-state index contributed by atoms with van der Waals surface area (Å²) >= 11 is 5.20. The monoisotopic (exact) mass is 260 g/mol. The predicted molar refractivity (Wildman–Crippen MR) is 59.2 cm³/mol. The van der Waals surface area contributed by atoms with Gasteiger partial charge in [0.15, 0.2) is 0 Å². The fourth-order valence-electron chi connectivity index (χ4n) is 2.05. The summed E-state index contributed by atoms with van der Waals surface area (Å²) in [5.41, 5.74) is 0.315. The molecule has 1 N–H and O–H groups in total. The largest absolute Gasteiger partial charge is 0.395 e. The van der Waals surface area contributed by atoms with Crippen LogP contribution >= 0.6 is 27.3 Å². The maximum atomic E-state index is 9.45. The van der Waals surface area contributed by atoms with Crippen molar-refractivity contribution in [3.8, 4) is 0 Å². The van der Waals surface area contributed by atoms with Crippen molar-refractivity contribution in [3.63, 3.8) is 0 Å². The Labute approximate surface area is 90.9 Å². The van der Waals surface area contributed by atoms with Crippen molar-refractivity contribution in [2.45, 2.75) is 25.7 Å². The number of halogens is 1. The van der Waals surface area contributed by atoms with Gasteiger partial charge in [0, 0.05) is 10.3 Å². The first-order valence-corrected chi connectivity index (χ1v) is 5.99. The van der Waals surface area contributed by atoms with Crippen LogP contribution in [0.5, 0.6) is 0 Å². The Hall–Kier alpha value is 0.140. The van der Waals surface area contributed by atoms with Crippen LogP contribution in [0.4, 0.5) is 0 Å². The highest BCUT2D eigenvalue weighted by Gasteiger charge is 2.62. The summed E-state index contributed by atoms with van der Waals surface area (Å²) < 4.78 is 1.15. The van der Waals surface area contributed by atoms with E-state index in [1.807, 2.05) is 0 Å². The molecule has 1 heterocycles. The average molecular weight is 261 g/mol. The molecule has 0 aliphatic heterocycles. The quantitative estimate of drug-likeness (QED) is 0.867. The molecule has 72 valence electrons. The molecule has 1 unspecified atom stereocenters. The minimum Gasteiger partial charge on any atom is -0.395 e. The van der Waals surface area contributed by atoms with E-state index in [9.17, 15) is 5.11 Å². The maximum absolute atomic E-state index is 9.45. The minimum atomic E-state index is 0.0453. The van der Waals surface area contributed by atoms with Gasteiger partial charge in [-0.05, 0) is 39.9 Å². The smallest absolute Gasteiger partial charge is 0.0701 e. The number of rotatable bonds is 2. The lowest BCUT2D eigenvalue weighted by molar-refractivity contribution is 0.233. The number of hydrogen-bond donors (Lipinski definition) is 1. The molecule has 1 atom stereocenters. The summed E-state index contributed by atoms with van der Waals surface area (Å²) in [6.45, 7) is 4.71. The van der Waals surface area contributed by atoms with Crippen molar-refractivity contribution in [2.75, 3.05) is 6.61 Å². The molecule has 1 nitrogen and oxygen atoms in total. The van der Waals surface area contributed by atoms with Crippen LogP contribution in [-0.4, -0.2) is 11.7 Å². The van der Waals surface area contributed by atoms with Crippen LogP contribution in [0.1, 0.15) is 25.1 Å². The van der Waals surface area contributed by atoms with Crippen LogP contribution < -0.4 is 0 Å². The van der Waals surface area contributed by atoms with E-state index in [-0.39, 0.29) is 17.4 Å². The third-order valence-electron chi connectivity index (χ3n) is 3.23. The molecule has 0 amide bonds. The summed E-state index contributed by atoms with van der Waals surface area (Å²) in [5, 5.41) is 9.45. The lowest BCUT2D eigenvalue weighted by Crippen LogP contribution is -2.17. The summed E-state index contributed by atoms with van der Waals surface area (Å²) in [5.74, 6) is 0. The topological polar surface area (TPSA) is 20.2 Å². The van der Waals surface area contributed by atoms with Gasteiger partial charge >= 0.3 is 0 Å². The Balaban J connectivity index is 2.35. The summed E-state index contributed by atoms with van der Waals surface area (Å²) in [4.78, 5) is 1.31.